The van der Waals surface area contributed by atoms with Crippen LogP contribution < -0.4 is 11.1 Å². The molecule has 2 aromatic carbocycles. The van der Waals surface area contributed by atoms with E-state index in [1.54, 1.807) is 12.1 Å². The first-order valence-corrected chi connectivity index (χ1v) is 7.84. The maximum absolute atomic E-state index is 13.2. The van der Waals surface area contributed by atoms with Crippen molar-refractivity contribution in [2.45, 2.75) is 6.04 Å². The minimum atomic E-state index is -0.305. The summed E-state index contributed by atoms with van der Waals surface area (Å²) in [5.74, 6) is -0.305. The Morgan fingerprint density at radius 3 is 2.60 bits per heavy atom. The van der Waals surface area contributed by atoms with Crippen LogP contribution in [0.3, 0.4) is 0 Å². The third-order valence-corrected chi connectivity index (χ3v) is 4.27. The minimum Gasteiger partial charge on any atom is -0.377 e. The highest BCUT2D eigenvalue weighted by Crippen LogP contribution is 2.29. The highest BCUT2D eigenvalue weighted by molar-refractivity contribution is 9.10. The SMILES string of the molecule is NCC(Nc1ccc(F)c(Br)c1)c1cc(Br)ccc1Cl. The van der Waals surface area contributed by atoms with Gasteiger partial charge in [-0.2, -0.15) is 0 Å². The quantitative estimate of drug-likeness (QED) is 0.718. The third kappa shape index (κ3) is 3.73. The molecule has 0 spiro atoms. The van der Waals surface area contributed by atoms with Gasteiger partial charge in [0.05, 0.1) is 10.5 Å². The zero-order valence-corrected chi connectivity index (χ0v) is 14.3. The Kier molecular flexibility index (Phi) is 5.43. The third-order valence-electron chi connectivity index (χ3n) is 2.83. The van der Waals surface area contributed by atoms with Crippen LogP contribution in [-0.4, -0.2) is 6.54 Å². The van der Waals surface area contributed by atoms with Crippen molar-refractivity contribution in [3.63, 3.8) is 0 Å². The first-order chi connectivity index (χ1) is 9.51. The van der Waals surface area contributed by atoms with E-state index in [1.807, 2.05) is 18.2 Å². The van der Waals surface area contributed by atoms with Gasteiger partial charge in [-0.15, -0.1) is 0 Å². The van der Waals surface area contributed by atoms with Gasteiger partial charge >= 0.3 is 0 Å². The molecule has 0 radical (unpaired) electrons. The first kappa shape index (κ1) is 15.8. The van der Waals surface area contributed by atoms with Crippen molar-refractivity contribution < 1.29 is 4.39 Å². The van der Waals surface area contributed by atoms with Crippen molar-refractivity contribution in [1.29, 1.82) is 0 Å². The Hall–Kier alpha value is -0.620. The molecular weight excluding hydrogens is 410 g/mol. The largest absolute Gasteiger partial charge is 0.377 e. The lowest BCUT2D eigenvalue weighted by Gasteiger charge is -2.20. The van der Waals surface area contributed by atoms with Crippen LogP contribution >= 0.6 is 43.5 Å². The Bertz CT molecular complexity index is 622. The summed E-state index contributed by atoms with van der Waals surface area (Å²) in [6, 6.07) is 10.2. The smallest absolute Gasteiger partial charge is 0.137 e. The van der Waals surface area contributed by atoms with E-state index < -0.39 is 0 Å². The van der Waals surface area contributed by atoms with Crippen molar-refractivity contribution in [1.82, 2.24) is 0 Å². The number of anilines is 1. The van der Waals surface area contributed by atoms with Crippen LogP contribution in [0.15, 0.2) is 45.3 Å². The molecule has 106 valence electrons. The summed E-state index contributed by atoms with van der Waals surface area (Å²) in [6.45, 7) is 0.366. The molecule has 0 aliphatic carbocycles. The fraction of sp³-hybridized carbons (Fsp3) is 0.143. The van der Waals surface area contributed by atoms with Crippen LogP contribution in [0.2, 0.25) is 5.02 Å². The summed E-state index contributed by atoms with van der Waals surface area (Å²) in [7, 11) is 0. The molecule has 3 N–H and O–H groups in total. The topological polar surface area (TPSA) is 38.0 Å². The van der Waals surface area contributed by atoms with Gasteiger partial charge < -0.3 is 11.1 Å². The van der Waals surface area contributed by atoms with Gasteiger partial charge in [-0.1, -0.05) is 27.5 Å². The van der Waals surface area contributed by atoms with E-state index in [0.29, 0.717) is 16.0 Å². The van der Waals surface area contributed by atoms with Gasteiger partial charge in [-0.25, -0.2) is 4.39 Å². The van der Waals surface area contributed by atoms with E-state index in [-0.39, 0.29) is 11.9 Å². The summed E-state index contributed by atoms with van der Waals surface area (Å²) in [4.78, 5) is 0. The van der Waals surface area contributed by atoms with Crippen molar-refractivity contribution in [2.75, 3.05) is 11.9 Å². The molecule has 2 rings (SSSR count). The van der Waals surface area contributed by atoms with E-state index >= 15 is 0 Å². The monoisotopic (exact) mass is 420 g/mol. The molecule has 0 fully saturated rings. The summed E-state index contributed by atoms with van der Waals surface area (Å²) in [6.07, 6.45) is 0. The van der Waals surface area contributed by atoms with Crippen molar-refractivity contribution in [2.24, 2.45) is 5.73 Å². The highest BCUT2D eigenvalue weighted by atomic mass is 79.9. The summed E-state index contributed by atoms with van der Waals surface area (Å²) in [5.41, 5.74) is 7.48. The van der Waals surface area contributed by atoms with Gasteiger partial charge in [0.2, 0.25) is 0 Å². The molecule has 0 aliphatic rings. The average molecular weight is 423 g/mol. The maximum Gasteiger partial charge on any atom is 0.137 e. The zero-order valence-electron chi connectivity index (χ0n) is 10.3. The average Bonchev–Trinajstić information content (AvgIpc) is 2.43. The molecule has 6 heteroatoms. The minimum absolute atomic E-state index is 0.155. The second kappa shape index (κ2) is 6.89. The molecule has 2 aromatic rings. The molecule has 0 heterocycles. The molecule has 0 aromatic heterocycles. The van der Waals surface area contributed by atoms with Crippen molar-refractivity contribution in [3.05, 3.63) is 61.7 Å². The zero-order chi connectivity index (χ0) is 14.7. The van der Waals surface area contributed by atoms with Crippen LogP contribution in [0.1, 0.15) is 11.6 Å². The van der Waals surface area contributed by atoms with Gasteiger partial charge in [0.25, 0.3) is 0 Å². The Balaban J connectivity index is 2.28. The molecule has 1 atom stereocenters. The number of benzene rings is 2. The van der Waals surface area contributed by atoms with E-state index in [0.717, 1.165) is 15.7 Å². The number of hydrogen-bond donors (Lipinski definition) is 2. The van der Waals surface area contributed by atoms with Crippen LogP contribution in [-0.2, 0) is 0 Å². The Morgan fingerprint density at radius 1 is 1.20 bits per heavy atom. The van der Waals surface area contributed by atoms with E-state index in [1.165, 1.54) is 6.07 Å². The van der Waals surface area contributed by atoms with Gasteiger partial charge in [0, 0.05) is 21.7 Å². The van der Waals surface area contributed by atoms with Gasteiger partial charge in [0.15, 0.2) is 0 Å². The standard InChI is InChI=1S/C14H12Br2ClFN2/c15-8-1-3-12(17)10(5-8)14(7-19)20-9-2-4-13(18)11(16)6-9/h1-6,14,20H,7,19H2. The molecule has 0 amide bonds. The predicted molar refractivity (Wildman–Crippen MR) is 88.7 cm³/mol. The molecular formula is C14H12Br2ClFN2. The Morgan fingerprint density at radius 2 is 1.95 bits per heavy atom. The van der Waals surface area contributed by atoms with E-state index in [4.69, 9.17) is 17.3 Å². The molecule has 0 saturated heterocycles. The summed E-state index contributed by atoms with van der Waals surface area (Å²) >= 11 is 12.8. The molecule has 20 heavy (non-hydrogen) atoms. The molecule has 0 saturated carbocycles. The second-order valence-corrected chi connectivity index (χ2v) is 6.40. The fourth-order valence-electron chi connectivity index (χ4n) is 1.83. The van der Waals surface area contributed by atoms with Crippen LogP contribution in [0, 0.1) is 5.82 Å². The van der Waals surface area contributed by atoms with Gasteiger partial charge in [-0.3, -0.25) is 0 Å². The van der Waals surface area contributed by atoms with Gasteiger partial charge in [-0.05, 0) is 57.9 Å². The van der Waals surface area contributed by atoms with Crippen LogP contribution in [0.5, 0.6) is 0 Å². The molecule has 2 nitrogen and oxygen atoms in total. The lowest BCUT2D eigenvalue weighted by atomic mass is 10.1. The lowest BCUT2D eigenvalue weighted by Crippen LogP contribution is -2.21. The lowest BCUT2D eigenvalue weighted by molar-refractivity contribution is 0.621. The molecule has 0 bridgehead atoms. The fourth-order valence-corrected chi connectivity index (χ4v) is 2.84. The van der Waals surface area contributed by atoms with Gasteiger partial charge in [0.1, 0.15) is 5.82 Å². The number of halogens is 4. The van der Waals surface area contributed by atoms with Crippen molar-refractivity contribution >= 4 is 49.1 Å². The summed E-state index contributed by atoms with van der Waals surface area (Å²) in [5, 5.41) is 3.89. The Labute approximate surface area is 138 Å². The molecule has 1 unspecified atom stereocenters. The van der Waals surface area contributed by atoms with Crippen molar-refractivity contribution in [3.8, 4) is 0 Å². The molecule has 0 aliphatic heterocycles. The number of nitrogens with two attached hydrogens (primary N) is 1. The predicted octanol–water partition coefficient (Wildman–Crippen LogP) is 5.12. The normalized spacial score (nSPS) is 12.2. The number of rotatable bonds is 4. The highest BCUT2D eigenvalue weighted by Gasteiger charge is 2.14. The maximum atomic E-state index is 13.2. The second-order valence-electron chi connectivity index (χ2n) is 4.23. The van der Waals surface area contributed by atoms with E-state index in [2.05, 4.69) is 37.2 Å². The number of hydrogen-bond acceptors (Lipinski definition) is 2. The first-order valence-electron chi connectivity index (χ1n) is 5.88. The summed E-state index contributed by atoms with van der Waals surface area (Å²) < 4.78 is 14.6. The van der Waals surface area contributed by atoms with E-state index in [9.17, 15) is 4.39 Å². The van der Waals surface area contributed by atoms with Crippen LogP contribution in [0.4, 0.5) is 10.1 Å². The number of nitrogens with one attached hydrogen (secondary N) is 1. The van der Waals surface area contributed by atoms with Crippen LogP contribution in [0.25, 0.3) is 0 Å².